The largest absolute Gasteiger partial charge is 0.506 e. The minimum absolute atomic E-state index is 0.0496. The molecule has 3 aromatic rings. The highest BCUT2D eigenvalue weighted by Crippen LogP contribution is 2.40. The summed E-state index contributed by atoms with van der Waals surface area (Å²) in [5.41, 5.74) is 4.47. The smallest absolute Gasteiger partial charge is 0.161 e. The van der Waals surface area contributed by atoms with Crippen molar-refractivity contribution in [2.45, 2.75) is 6.92 Å². The second-order valence-electron chi connectivity index (χ2n) is 5.60. The first-order valence-corrected chi connectivity index (χ1v) is 7.95. The molecule has 0 saturated heterocycles. The number of halogens is 1. The van der Waals surface area contributed by atoms with Crippen molar-refractivity contribution < 1.29 is 14.6 Å². The van der Waals surface area contributed by atoms with Crippen LogP contribution in [0, 0.1) is 6.92 Å². The molecule has 0 bridgehead atoms. The Labute approximate surface area is 143 Å². The van der Waals surface area contributed by atoms with Crippen molar-refractivity contribution in [1.29, 1.82) is 0 Å². The van der Waals surface area contributed by atoms with E-state index in [1.807, 2.05) is 25.1 Å². The Kier molecular flexibility index (Phi) is 3.58. The fraction of sp³-hybridized carbons (Fsp3) is 0.167. The van der Waals surface area contributed by atoms with E-state index in [1.165, 1.54) is 0 Å². The molecule has 1 aromatic heterocycles. The summed E-state index contributed by atoms with van der Waals surface area (Å²) in [5.74, 6) is 1.53. The van der Waals surface area contributed by atoms with Crippen molar-refractivity contribution in [1.82, 2.24) is 10.2 Å². The number of aromatic nitrogens is 2. The third-order valence-electron chi connectivity index (χ3n) is 4.00. The normalized spacial score (nSPS) is 13.1. The van der Waals surface area contributed by atoms with Gasteiger partial charge in [-0.15, -0.1) is 0 Å². The first-order valence-electron chi connectivity index (χ1n) is 7.57. The van der Waals surface area contributed by atoms with E-state index in [4.69, 9.17) is 21.1 Å². The second kappa shape index (κ2) is 5.76. The number of benzene rings is 2. The van der Waals surface area contributed by atoms with Gasteiger partial charge in [0.15, 0.2) is 11.5 Å². The summed E-state index contributed by atoms with van der Waals surface area (Å²) in [6.45, 7) is 3.07. The van der Waals surface area contributed by atoms with Crippen molar-refractivity contribution in [2.24, 2.45) is 0 Å². The van der Waals surface area contributed by atoms with Crippen molar-refractivity contribution in [2.75, 3.05) is 13.2 Å². The predicted molar refractivity (Wildman–Crippen MR) is 91.9 cm³/mol. The fourth-order valence-corrected chi connectivity index (χ4v) is 3.02. The van der Waals surface area contributed by atoms with Crippen LogP contribution in [0.5, 0.6) is 17.2 Å². The highest BCUT2D eigenvalue weighted by Gasteiger charge is 2.18. The number of ether oxygens (including phenoxy) is 2. The number of H-pyrrole nitrogens is 1. The highest BCUT2D eigenvalue weighted by atomic mass is 35.5. The summed E-state index contributed by atoms with van der Waals surface area (Å²) >= 11 is 6.04. The lowest BCUT2D eigenvalue weighted by Crippen LogP contribution is -2.15. The molecule has 0 radical (unpaired) electrons. The molecule has 0 saturated carbocycles. The summed E-state index contributed by atoms with van der Waals surface area (Å²) in [7, 11) is 0. The number of phenols is 1. The van der Waals surface area contributed by atoms with Gasteiger partial charge in [0.25, 0.3) is 0 Å². The van der Waals surface area contributed by atoms with Crippen LogP contribution in [-0.2, 0) is 0 Å². The summed E-state index contributed by atoms with van der Waals surface area (Å²) < 4.78 is 11.2. The van der Waals surface area contributed by atoms with Gasteiger partial charge in [-0.1, -0.05) is 17.7 Å². The molecule has 0 spiro atoms. The first kappa shape index (κ1) is 14.9. The van der Waals surface area contributed by atoms with Crippen LogP contribution in [0.3, 0.4) is 0 Å². The number of phenolic OH excluding ortho intramolecular Hbond substituents is 1. The Morgan fingerprint density at radius 3 is 2.58 bits per heavy atom. The lowest BCUT2D eigenvalue weighted by atomic mass is 9.98. The first-order chi connectivity index (χ1) is 11.6. The Morgan fingerprint density at radius 1 is 1.04 bits per heavy atom. The monoisotopic (exact) mass is 342 g/mol. The van der Waals surface area contributed by atoms with Crippen molar-refractivity contribution in [3.05, 3.63) is 47.1 Å². The number of nitrogens with zero attached hydrogens (tertiary/aromatic N) is 1. The van der Waals surface area contributed by atoms with Crippen LogP contribution in [0.25, 0.3) is 22.4 Å². The SMILES string of the molecule is Cc1[nH]nc(-c2ccc(O)c(Cl)c2)c1-c1ccc2c(c1)OCCO2. The van der Waals surface area contributed by atoms with Crippen LogP contribution in [0.15, 0.2) is 36.4 Å². The van der Waals surface area contributed by atoms with E-state index in [2.05, 4.69) is 10.2 Å². The topological polar surface area (TPSA) is 67.4 Å². The molecule has 1 aliphatic heterocycles. The molecule has 0 aliphatic carbocycles. The number of aryl methyl sites for hydroxylation is 1. The van der Waals surface area contributed by atoms with Gasteiger partial charge in [-0.2, -0.15) is 5.10 Å². The van der Waals surface area contributed by atoms with E-state index in [9.17, 15) is 5.11 Å². The van der Waals surface area contributed by atoms with Crippen LogP contribution in [0.1, 0.15) is 5.69 Å². The molecule has 0 amide bonds. The molecule has 0 atom stereocenters. The number of hydrogen-bond acceptors (Lipinski definition) is 4. The van der Waals surface area contributed by atoms with Crippen molar-refractivity contribution >= 4 is 11.6 Å². The van der Waals surface area contributed by atoms with Gasteiger partial charge in [-0.25, -0.2) is 0 Å². The molecule has 2 heterocycles. The van der Waals surface area contributed by atoms with E-state index in [0.717, 1.165) is 39.6 Å². The maximum absolute atomic E-state index is 9.62. The van der Waals surface area contributed by atoms with E-state index in [-0.39, 0.29) is 5.75 Å². The zero-order chi connectivity index (χ0) is 16.7. The number of hydrogen-bond donors (Lipinski definition) is 2. The molecule has 24 heavy (non-hydrogen) atoms. The van der Waals surface area contributed by atoms with E-state index >= 15 is 0 Å². The van der Waals surface area contributed by atoms with Crippen molar-refractivity contribution in [3.8, 4) is 39.6 Å². The van der Waals surface area contributed by atoms with Crippen molar-refractivity contribution in [3.63, 3.8) is 0 Å². The van der Waals surface area contributed by atoms with Gasteiger partial charge in [0.05, 0.1) is 5.02 Å². The fourth-order valence-electron chi connectivity index (χ4n) is 2.84. The van der Waals surface area contributed by atoms with Crippen LogP contribution in [-0.4, -0.2) is 28.5 Å². The third kappa shape index (κ3) is 2.47. The van der Waals surface area contributed by atoms with Gasteiger partial charge in [-0.05, 0) is 42.8 Å². The summed E-state index contributed by atoms with van der Waals surface area (Å²) in [6.07, 6.45) is 0. The average molecular weight is 343 g/mol. The van der Waals surface area contributed by atoms with E-state index in [1.54, 1.807) is 18.2 Å². The molecular formula is C18H15ClN2O3. The van der Waals surface area contributed by atoms with E-state index in [0.29, 0.717) is 18.2 Å². The zero-order valence-corrected chi connectivity index (χ0v) is 13.7. The van der Waals surface area contributed by atoms with Crippen LogP contribution >= 0.6 is 11.6 Å². The molecule has 4 rings (SSSR count). The van der Waals surface area contributed by atoms with Crippen LogP contribution < -0.4 is 9.47 Å². The quantitative estimate of drug-likeness (QED) is 0.733. The average Bonchev–Trinajstić information content (AvgIpc) is 2.98. The minimum atomic E-state index is 0.0496. The summed E-state index contributed by atoms with van der Waals surface area (Å²) in [5, 5.41) is 17.3. The number of aromatic amines is 1. The molecule has 2 aromatic carbocycles. The van der Waals surface area contributed by atoms with Gasteiger partial charge < -0.3 is 14.6 Å². The predicted octanol–water partition coefficient (Wildman–Crippen LogP) is 4.18. The summed E-state index contributed by atoms with van der Waals surface area (Å²) in [4.78, 5) is 0. The lowest BCUT2D eigenvalue weighted by molar-refractivity contribution is 0.171. The molecule has 6 heteroatoms. The number of nitrogens with one attached hydrogen (secondary N) is 1. The van der Waals surface area contributed by atoms with Crippen LogP contribution in [0.2, 0.25) is 5.02 Å². The number of aromatic hydroxyl groups is 1. The Bertz CT molecular complexity index is 921. The van der Waals surface area contributed by atoms with E-state index < -0.39 is 0 Å². The molecular weight excluding hydrogens is 328 g/mol. The summed E-state index contributed by atoms with van der Waals surface area (Å²) in [6, 6.07) is 10.9. The lowest BCUT2D eigenvalue weighted by Gasteiger charge is -2.19. The number of rotatable bonds is 2. The minimum Gasteiger partial charge on any atom is -0.506 e. The van der Waals surface area contributed by atoms with Crippen LogP contribution in [0.4, 0.5) is 0 Å². The highest BCUT2D eigenvalue weighted by molar-refractivity contribution is 6.32. The standard InChI is InChI=1S/C18H15ClN2O3/c1-10-17(11-3-5-15-16(9-11)24-7-6-23-15)18(21-20-10)12-2-4-14(22)13(19)8-12/h2-5,8-9,22H,6-7H2,1H3,(H,20,21). The molecule has 0 fully saturated rings. The maximum atomic E-state index is 9.62. The molecule has 0 unspecified atom stereocenters. The Morgan fingerprint density at radius 2 is 1.79 bits per heavy atom. The molecule has 2 N–H and O–H groups in total. The third-order valence-corrected chi connectivity index (χ3v) is 4.30. The Hall–Kier alpha value is -2.66. The van der Waals surface area contributed by atoms with Gasteiger partial charge in [0.1, 0.15) is 24.7 Å². The molecule has 122 valence electrons. The van der Waals surface area contributed by atoms with Gasteiger partial charge in [0.2, 0.25) is 0 Å². The Balaban J connectivity index is 1.84. The zero-order valence-electron chi connectivity index (χ0n) is 13.0. The maximum Gasteiger partial charge on any atom is 0.161 e. The molecule has 5 nitrogen and oxygen atoms in total. The van der Waals surface area contributed by atoms with Gasteiger partial charge >= 0.3 is 0 Å². The van der Waals surface area contributed by atoms with Gasteiger partial charge in [0, 0.05) is 16.8 Å². The van der Waals surface area contributed by atoms with Gasteiger partial charge in [-0.3, -0.25) is 5.10 Å². The molecule has 1 aliphatic rings. The number of fused-ring (bicyclic) bond motifs is 1. The second-order valence-corrected chi connectivity index (χ2v) is 6.00.